The number of carbonyl (C=O) groups excluding carboxylic acids is 1. The SMILES string of the molecule is O=C(c1ccc(Nc2ccnc(Nc3cc(-c4ccccc4)[nH]n3)n2)cc1)c1cccc2cc[nH]c12. The molecule has 0 fully saturated rings. The van der Waals surface area contributed by atoms with Crippen LogP contribution in [0.2, 0.25) is 0 Å². The van der Waals surface area contributed by atoms with Crippen molar-refractivity contribution in [1.29, 1.82) is 0 Å². The van der Waals surface area contributed by atoms with Gasteiger partial charge in [0.1, 0.15) is 5.82 Å². The van der Waals surface area contributed by atoms with Crippen LogP contribution in [0.25, 0.3) is 22.2 Å². The summed E-state index contributed by atoms with van der Waals surface area (Å²) in [6.07, 6.45) is 3.50. The summed E-state index contributed by atoms with van der Waals surface area (Å²) >= 11 is 0. The van der Waals surface area contributed by atoms with Gasteiger partial charge in [-0.2, -0.15) is 10.1 Å². The first-order chi connectivity index (χ1) is 17.7. The first-order valence-electron chi connectivity index (χ1n) is 11.4. The minimum Gasteiger partial charge on any atom is -0.361 e. The molecule has 0 unspecified atom stereocenters. The fourth-order valence-corrected chi connectivity index (χ4v) is 4.04. The van der Waals surface area contributed by atoms with E-state index in [-0.39, 0.29) is 5.78 Å². The Kier molecular flexibility index (Phi) is 5.44. The summed E-state index contributed by atoms with van der Waals surface area (Å²) < 4.78 is 0. The third-order valence-electron chi connectivity index (χ3n) is 5.81. The molecule has 0 saturated heterocycles. The number of anilines is 4. The van der Waals surface area contributed by atoms with Gasteiger partial charge in [-0.1, -0.05) is 42.5 Å². The van der Waals surface area contributed by atoms with E-state index in [0.29, 0.717) is 28.7 Å². The highest BCUT2D eigenvalue weighted by Crippen LogP contribution is 2.23. The van der Waals surface area contributed by atoms with Gasteiger partial charge in [0.25, 0.3) is 0 Å². The van der Waals surface area contributed by atoms with Gasteiger partial charge in [0.2, 0.25) is 5.95 Å². The molecule has 174 valence electrons. The van der Waals surface area contributed by atoms with E-state index in [1.807, 2.05) is 91.1 Å². The molecule has 0 aliphatic rings. The Morgan fingerprint density at radius 3 is 2.53 bits per heavy atom. The smallest absolute Gasteiger partial charge is 0.230 e. The zero-order valence-electron chi connectivity index (χ0n) is 19.1. The second-order valence-electron chi connectivity index (χ2n) is 8.20. The molecule has 8 heteroatoms. The molecule has 0 bridgehead atoms. The van der Waals surface area contributed by atoms with E-state index < -0.39 is 0 Å². The number of hydrogen-bond acceptors (Lipinski definition) is 6. The number of carbonyl (C=O) groups is 1. The lowest BCUT2D eigenvalue weighted by atomic mass is 10.0. The van der Waals surface area contributed by atoms with Gasteiger partial charge in [-0.15, -0.1) is 0 Å². The fourth-order valence-electron chi connectivity index (χ4n) is 4.04. The van der Waals surface area contributed by atoms with Gasteiger partial charge in [-0.3, -0.25) is 9.89 Å². The van der Waals surface area contributed by atoms with Crippen LogP contribution in [0.5, 0.6) is 0 Å². The van der Waals surface area contributed by atoms with E-state index >= 15 is 0 Å². The van der Waals surface area contributed by atoms with Gasteiger partial charge >= 0.3 is 0 Å². The minimum atomic E-state index is -0.0306. The Labute approximate surface area is 206 Å². The molecule has 0 spiro atoms. The highest BCUT2D eigenvalue weighted by Gasteiger charge is 2.13. The second kappa shape index (κ2) is 9.19. The topological polar surface area (TPSA) is 111 Å². The van der Waals surface area contributed by atoms with Crippen molar-refractivity contribution in [1.82, 2.24) is 25.1 Å². The summed E-state index contributed by atoms with van der Waals surface area (Å²) in [6.45, 7) is 0. The van der Waals surface area contributed by atoms with E-state index in [4.69, 9.17) is 0 Å². The van der Waals surface area contributed by atoms with Gasteiger partial charge in [0, 0.05) is 40.7 Å². The molecule has 3 heterocycles. The molecule has 36 heavy (non-hydrogen) atoms. The number of nitrogens with zero attached hydrogens (tertiary/aromatic N) is 3. The van der Waals surface area contributed by atoms with Gasteiger partial charge in [0.15, 0.2) is 11.6 Å². The summed E-state index contributed by atoms with van der Waals surface area (Å²) in [7, 11) is 0. The van der Waals surface area contributed by atoms with Crippen molar-refractivity contribution in [3.8, 4) is 11.3 Å². The Morgan fingerprint density at radius 1 is 0.806 bits per heavy atom. The summed E-state index contributed by atoms with van der Waals surface area (Å²) in [5, 5.41) is 14.7. The van der Waals surface area contributed by atoms with Crippen LogP contribution in [0.1, 0.15) is 15.9 Å². The third-order valence-corrected chi connectivity index (χ3v) is 5.81. The maximum absolute atomic E-state index is 13.1. The van der Waals surface area contributed by atoms with Crippen molar-refractivity contribution in [2.24, 2.45) is 0 Å². The van der Waals surface area contributed by atoms with E-state index in [1.54, 1.807) is 12.3 Å². The molecule has 8 nitrogen and oxygen atoms in total. The van der Waals surface area contributed by atoms with E-state index in [1.165, 1.54) is 0 Å². The van der Waals surface area contributed by atoms with Crippen LogP contribution in [0, 0.1) is 0 Å². The molecule has 0 saturated carbocycles. The molecular formula is C28H21N7O. The quantitative estimate of drug-likeness (QED) is 0.210. The first kappa shape index (κ1) is 21.3. The maximum Gasteiger partial charge on any atom is 0.230 e. The van der Waals surface area contributed by atoms with E-state index in [2.05, 4.69) is 35.8 Å². The van der Waals surface area contributed by atoms with Crippen LogP contribution < -0.4 is 10.6 Å². The number of para-hydroxylation sites is 1. The van der Waals surface area contributed by atoms with E-state index in [0.717, 1.165) is 27.8 Å². The summed E-state index contributed by atoms with van der Waals surface area (Å²) in [5.41, 5.74) is 4.85. The van der Waals surface area contributed by atoms with Crippen LogP contribution in [0.3, 0.4) is 0 Å². The van der Waals surface area contributed by atoms with Crippen LogP contribution in [0.15, 0.2) is 103 Å². The van der Waals surface area contributed by atoms with Gasteiger partial charge in [0.05, 0.1) is 11.2 Å². The standard InChI is InChI=1S/C28H21N7O/c36-27(22-8-4-7-19-13-15-29-26(19)22)20-9-11-21(12-10-20)31-24-14-16-30-28(32-24)33-25-17-23(34-35-25)18-5-2-1-3-6-18/h1-17,29H,(H3,30,31,32,33,34,35). The molecular weight excluding hydrogens is 450 g/mol. The number of aromatic nitrogens is 5. The average Bonchev–Trinajstić information content (AvgIpc) is 3.59. The summed E-state index contributed by atoms with van der Waals surface area (Å²) in [4.78, 5) is 25.0. The fraction of sp³-hybridized carbons (Fsp3) is 0. The molecule has 0 aliphatic carbocycles. The average molecular weight is 472 g/mol. The molecule has 6 aromatic rings. The van der Waals surface area contributed by atoms with Crippen molar-refractivity contribution in [2.75, 3.05) is 10.6 Å². The molecule has 3 aromatic heterocycles. The maximum atomic E-state index is 13.1. The molecule has 0 aliphatic heterocycles. The Balaban J connectivity index is 1.15. The number of aromatic amines is 2. The Hall–Kier alpha value is -5.24. The monoisotopic (exact) mass is 471 g/mol. The number of hydrogen-bond donors (Lipinski definition) is 4. The number of rotatable bonds is 7. The van der Waals surface area contributed by atoms with Crippen LogP contribution in [-0.4, -0.2) is 30.9 Å². The van der Waals surface area contributed by atoms with Crippen molar-refractivity contribution >= 4 is 40.0 Å². The normalized spacial score (nSPS) is 10.9. The van der Waals surface area contributed by atoms with Gasteiger partial charge < -0.3 is 15.6 Å². The zero-order chi connectivity index (χ0) is 24.3. The molecule has 4 N–H and O–H groups in total. The summed E-state index contributed by atoms with van der Waals surface area (Å²) in [5.74, 6) is 1.61. The van der Waals surface area contributed by atoms with Crippen molar-refractivity contribution in [3.63, 3.8) is 0 Å². The number of H-pyrrole nitrogens is 2. The number of ketones is 1. The molecule has 3 aromatic carbocycles. The van der Waals surface area contributed by atoms with E-state index in [9.17, 15) is 4.79 Å². The van der Waals surface area contributed by atoms with Crippen molar-refractivity contribution in [2.45, 2.75) is 0 Å². The molecule has 0 radical (unpaired) electrons. The third kappa shape index (κ3) is 4.30. The Morgan fingerprint density at radius 2 is 1.67 bits per heavy atom. The number of nitrogens with one attached hydrogen (secondary N) is 4. The van der Waals surface area contributed by atoms with Gasteiger partial charge in [-0.05, 0) is 48.0 Å². The lowest BCUT2D eigenvalue weighted by Crippen LogP contribution is -2.03. The zero-order valence-corrected chi connectivity index (χ0v) is 19.1. The molecule has 0 amide bonds. The highest BCUT2D eigenvalue weighted by molar-refractivity contribution is 6.15. The second-order valence-corrected chi connectivity index (χ2v) is 8.20. The van der Waals surface area contributed by atoms with Crippen molar-refractivity contribution in [3.05, 3.63) is 115 Å². The Bertz CT molecular complexity index is 1650. The number of fused-ring (bicyclic) bond motifs is 1. The molecule has 6 rings (SSSR count). The van der Waals surface area contributed by atoms with Crippen LogP contribution >= 0.6 is 0 Å². The minimum absolute atomic E-state index is 0.0306. The van der Waals surface area contributed by atoms with Gasteiger partial charge in [-0.25, -0.2) is 4.98 Å². The lowest BCUT2D eigenvalue weighted by molar-refractivity contribution is 0.104. The highest BCUT2D eigenvalue weighted by atomic mass is 16.1. The van der Waals surface area contributed by atoms with Crippen molar-refractivity contribution < 1.29 is 4.79 Å². The van der Waals surface area contributed by atoms with Crippen LogP contribution in [-0.2, 0) is 0 Å². The predicted octanol–water partition coefficient (Wildman–Crippen LogP) is 6.07. The lowest BCUT2D eigenvalue weighted by Gasteiger charge is -2.08. The first-order valence-corrected chi connectivity index (χ1v) is 11.4. The van der Waals surface area contributed by atoms with Crippen LogP contribution in [0.4, 0.5) is 23.3 Å². The largest absolute Gasteiger partial charge is 0.361 e. The predicted molar refractivity (Wildman–Crippen MR) is 141 cm³/mol. The summed E-state index contributed by atoms with van der Waals surface area (Å²) in [6, 6.07) is 28.6. The number of benzene rings is 3. The molecule has 0 atom stereocenters.